The average molecular weight is 348 g/mol. The van der Waals surface area contributed by atoms with Crippen molar-refractivity contribution >= 4 is 44.3 Å². The number of benzene rings is 2. The summed E-state index contributed by atoms with van der Waals surface area (Å²) in [6, 6.07) is 11.7. The quantitative estimate of drug-likeness (QED) is 0.296. The molecule has 0 amide bonds. The van der Waals surface area contributed by atoms with Crippen LogP contribution >= 0.6 is 0 Å². The molecule has 6 rings (SSSR count). The normalized spacial score (nSPS) is 12.2. The maximum atomic E-state index is 7.63. The minimum atomic E-state index is 0.367. The lowest BCUT2D eigenvalue weighted by atomic mass is 10.1. The third-order valence-electron chi connectivity index (χ3n) is 5.17. The van der Waals surface area contributed by atoms with Crippen molar-refractivity contribution < 1.29 is 9.10 Å². The molecular formula is C21H10N5O+. The molecule has 5 aromatic rings. The number of nitrogens with zero attached hydrogens (tertiary/aromatic N) is 5. The third-order valence-corrected chi connectivity index (χ3v) is 5.17. The average Bonchev–Trinajstić information content (AvgIpc) is 3.35. The molecule has 2 aromatic carbocycles. The van der Waals surface area contributed by atoms with E-state index in [9.17, 15) is 0 Å². The minimum absolute atomic E-state index is 0.367. The standard InChI is InChI=1S/C21H10N5O/c1-22-16-8-6-12-10-25-11-13-5-7-14-15-4-3-9-24-21(15)27-20(14)19(13)26(25)18(12)17(16)23-2/h3-10H,11H2/q+1. The van der Waals surface area contributed by atoms with Crippen molar-refractivity contribution in [1.82, 2.24) is 9.67 Å². The Morgan fingerprint density at radius 3 is 2.85 bits per heavy atom. The zero-order valence-electron chi connectivity index (χ0n) is 14.0. The van der Waals surface area contributed by atoms with Gasteiger partial charge in [0.05, 0.1) is 24.1 Å². The first-order valence-corrected chi connectivity index (χ1v) is 8.43. The Balaban J connectivity index is 1.82. The summed E-state index contributed by atoms with van der Waals surface area (Å²) in [6.45, 7) is 15.7. The maximum absolute atomic E-state index is 7.63. The number of hydrogen-bond donors (Lipinski definition) is 0. The number of fused-ring (bicyclic) bond motifs is 9. The highest BCUT2D eigenvalue weighted by Crippen LogP contribution is 2.41. The Morgan fingerprint density at radius 2 is 2.00 bits per heavy atom. The maximum Gasteiger partial charge on any atom is 0.227 e. The van der Waals surface area contributed by atoms with Crippen LogP contribution in [0, 0.1) is 13.1 Å². The van der Waals surface area contributed by atoms with Crippen molar-refractivity contribution in [2.75, 3.05) is 0 Å². The highest BCUT2D eigenvalue weighted by atomic mass is 16.3. The van der Waals surface area contributed by atoms with Gasteiger partial charge < -0.3 is 4.42 Å². The molecule has 0 radical (unpaired) electrons. The Hall–Kier alpha value is -4.16. The Morgan fingerprint density at radius 1 is 1.07 bits per heavy atom. The van der Waals surface area contributed by atoms with E-state index in [4.69, 9.17) is 17.6 Å². The van der Waals surface area contributed by atoms with Gasteiger partial charge in [-0.15, -0.1) is 9.36 Å². The molecule has 0 saturated carbocycles. The highest BCUT2D eigenvalue weighted by Gasteiger charge is 2.33. The van der Waals surface area contributed by atoms with Gasteiger partial charge in [0.25, 0.3) is 0 Å². The summed E-state index contributed by atoms with van der Waals surface area (Å²) < 4.78 is 10.2. The Bertz CT molecular complexity index is 1520. The van der Waals surface area contributed by atoms with Crippen LogP contribution in [-0.2, 0) is 6.54 Å². The van der Waals surface area contributed by atoms with E-state index in [0.29, 0.717) is 23.6 Å². The van der Waals surface area contributed by atoms with Crippen LogP contribution < -0.4 is 4.68 Å². The van der Waals surface area contributed by atoms with Crippen LogP contribution in [0.4, 0.5) is 11.4 Å². The number of pyridine rings is 1. The Kier molecular flexibility index (Phi) is 2.46. The summed E-state index contributed by atoms with van der Waals surface area (Å²) in [5.41, 5.74) is 4.89. The largest absolute Gasteiger partial charge is 0.435 e. The molecule has 0 unspecified atom stereocenters. The topological polar surface area (TPSA) is 43.6 Å². The predicted octanol–water partition coefficient (Wildman–Crippen LogP) is 4.68. The first-order chi connectivity index (χ1) is 13.3. The van der Waals surface area contributed by atoms with Crippen LogP contribution in [0.15, 0.2) is 53.2 Å². The summed E-state index contributed by atoms with van der Waals surface area (Å²) >= 11 is 0. The first kappa shape index (κ1) is 14.1. The molecule has 0 aliphatic carbocycles. The molecule has 4 heterocycles. The van der Waals surface area contributed by atoms with Gasteiger partial charge in [-0.3, -0.25) is 4.85 Å². The second kappa shape index (κ2) is 4.72. The SMILES string of the molecule is [C-]#[N+]c1ccc2c[n+]3n(c2c1[N+]#[C-])-c1c(ccc2c1oc1ncccc12)C3. The summed E-state index contributed by atoms with van der Waals surface area (Å²) in [6.07, 6.45) is 3.74. The van der Waals surface area contributed by atoms with Crippen molar-refractivity contribution in [2.24, 2.45) is 0 Å². The second-order valence-electron chi connectivity index (χ2n) is 6.54. The molecule has 27 heavy (non-hydrogen) atoms. The molecule has 1 aliphatic heterocycles. The van der Waals surface area contributed by atoms with Gasteiger partial charge in [0.2, 0.25) is 17.6 Å². The molecule has 0 spiro atoms. The van der Waals surface area contributed by atoms with E-state index in [1.54, 1.807) is 12.3 Å². The van der Waals surface area contributed by atoms with Crippen LogP contribution in [0.5, 0.6) is 0 Å². The third kappa shape index (κ3) is 1.62. The lowest BCUT2D eigenvalue weighted by Crippen LogP contribution is -2.36. The number of aromatic nitrogens is 3. The molecule has 0 fully saturated rings. The first-order valence-electron chi connectivity index (χ1n) is 8.43. The van der Waals surface area contributed by atoms with E-state index >= 15 is 0 Å². The molecule has 1 aliphatic rings. The molecule has 3 aromatic heterocycles. The second-order valence-corrected chi connectivity index (χ2v) is 6.54. The summed E-state index contributed by atoms with van der Waals surface area (Å²) in [7, 11) is 0. The van der Waals surface area contributed by atoms with Crippen molar-refractivity contribution in [2.45, 2.75) is 6.54 Å². The molecule has 6 nitrogen and oxygen atoms in total. The van der Waals surface area contributed by atoms with E-state index < -0.39 is 0 Å². The van der Waals surface area contributed by atoms with E-state index in [1.165, 1.54) is 0 Å². The molecule has 0 saturated heterocycles. The fourth-order valence-electron chi connectivity index (χ4n) is 4.05. The summed E-state index contributed by atoms with van der Waals surface area (Å²) in [5.74, 6) is 0. The van der Waals surface area contributed by atoms with E-state index in [-0.39, 0.29) is 0 Å². The molecule has 0 N–H and O–H groups in total. The lowest BCUT2D eigenvalue weighted by Gasteiger charge is -2.02. The van der Waals surface area contributed by atoms with Gasteiger partial charge in [0, 0.05) is 17.0 Å². The van der Waals surface area contributed by atoms with Gasteiger partial charge in [0.1, 0.15) is 5.52 Å². The van der Waals surface area contributed by atoms with Crippen molar-refractivity contribution in [3.8, 4) is 5.69 Å². The molecule has 0 bridgehead atoms. The fraction of sp³-hybridized carbons (Fsp3) is 0.0476. The van der Waals surface area contributed by atoms with Crippen molar-refractivity contribution in [3.63, 3.8) is 0 Å². The Labute approximate surface area is 153 Å². The molecule has 124 valence electrons. The highest BCUT2D eigenvalue weighted by molar-refractivity contribution is 6.08. The van der Waals surface area contributed by atoms with Gasteiger partial charge in [-0.25, -0.2) is 9.83 Å². The van der Waals surface area contributed by atoms with Crippen LogP contribution in [-0.4, -0.2) is 9.67 Å². The summed E-state index contributed by atoms with van der Waals surface area (Å²) in [5, 5.41) is 2.90. The summed E-state index contributed by atoms with van der Waals surface area (Å²) in [4.78, 5) is 11.5. The van der Waals surface area contributed by atoms with E-state index in [2.05, 4.69) is 31.5 Å². The van der Waals surface area contributed by atoms with Gasteiger partial charge >= 0.3 is 0 Å². The van der Waals surface area contributed by atoms with Crippen molar-refractivity contribution in [3.05, 3.63) is 77.2 Å². The zero-order chi connectivity index (χ0) is 18.1. The van der Waals surface area contributed by atoms with Gasteiger partial charge in [-0.05, 0) is 24.3 Å². The van der Waals surface area contributed by atoms with Gasteiger partial charge in [0.15, 0.2) is 23.5 Å². The van der Waals surface area contributed by atoms with Crippen molar-refractivity contribution in [1.29, 1.82) is 0 Å². The molecule has 6 heteroatoms. The number of hydrogen-bond acceptors (Lipinski definition) is 2. The number of rotatable bonds is 0. The van der Waals surface area contributed by atoms with Crippen LogP contribution in [0.2, 0.25) is 0 Å². The van der Waals surface area contributed by atoms with E-state index in [1.807, 2.05) is 29.1 Å². The van der Waals surface area contributed by atoms with Gasteiger partial charge in [-0.1, -0.05) is 12.1 Å². The van der Waals surface area contributed by atoms with Gasteiger partial charge in [-0.2, -0.15) is 0 Å². The monoisotopic (exact) mass is 348 g/mol. The number of furan rings is 1. The predicted molar refractivity (Wildman–Crippen MR) is 100 cm³/mol. The molecular weight excluding hydrogens is 338 g/mol. The lowest BCUT2D eigenvalue weighted by molar-refractivity contribution is -0.749. The van der Waals surface area contributed by atoms with E-state index in [0.717, 1.165) is 38.5 Å². The van der Waals surface area contributed by atoms with Crippen LogP contribution in [0.1, 0.15) is 5.56 Å². The molecule has 0 atom stereocenters. The van der Waals surface area contributed by atoms with Crippen LogP contribution in [0.3, 0.4) is 0 Å². The van der Waals surface area contributed by atoms with Crippen LogP contribution in [0.25, 0.3) is 48.3 Å². The smallest absolute Gasteiger partial charge is 0.227 e. The zero-order valence-corrected chi connectivity index (χ0v) is 14.0. The minimum Gasteiger partial charge on any atom is -0.435 e. The fourth-order valence-corrected chi connectivity index (χ4v) is 4.05.